The molecule has 3 nitrogen and oxygen atoms in total. The fourth-order valence-corrected chi connectivity index (χ4v) is 2.98. The number of hydrogen-bond acceptors (Lipinski definition) is 3. The van der Waals surface area contributed by atoms with Gasteiger partial charge in [0.25, 0.3) is 0 Å². The first-order valence-electron chi connectivity index (χ1n) is 6.71. The highest BCUT2D eigenvalue weighted by Gasteiger charge is 2.25. The van der Waals surface area contributed by atoms with Gasteiger partial charge in [0.15, 0.2) is 9.84 Å². The van der Waals surface area contributed by atoms with E-state index in [1.807, 2.05) is 26.0 Å². The Morgan fingerprint density at radius 1 is 1.05 bits per heavy atom. The number of hydrogen-bond donors (Lipinski definition) is 0. The van der Waals surface area contributed by atoms with Gasteiger partial charge in [-0.2, -0.15) is 0 Å². The predicted molar refractivity (Wildman–Crippen MR) is 77.0 cm³/mol. The maximum Gasteiger partial charge on any atom is 0.178 e. The minimum atomic E-state index is -3.14. The van der Waals surface area contributed by atoms with Crippen molar-refractivity contribution in [1.82, 2.24) is 0 Å². The summed E-state index contributed by atoms with van der Waals surface area (Å²) in [6, 6.07) is 6.89. The summed E-state index contributed by atoms with van der Waals surface area (Å²) in [7, 11) is -3.14. The lowest BCUT2D eigenvalue weighted by molar-refractivity contribution is -0.116. The maximum absolute atomic E-state index is 11.7. The molecule has 0 aliphatic heterocycles. The van der Waals surface area contributed by atoms with Crippen LogP contribution in [0.15, 0.2) is 29.2 Å². The lowest BCUT2D eigenvalue weighted by Gasteiger charge is -2.24. The Morgan fingerprint density at radius 2 is 1.58 bits per heavy atom. The van der Waals surface area contributed by atoms with E-state index in [1.54, 1.807) is 19.1 Å². The number of sulfone groups is 1. The maximum atomic E-state index is 11.7. The minimum absolute atomic E-state index is 0.106. The second kappa shape index (κ2) is 6.33. The number of aldehydes is 1. The Bertz CT molecular complexity index is 511. The molecule has 0 N–H and O–H groups in total. The molecule has 0 fully saturated rings. The van der Waals surface area contributed by atoms with Crippen molar-refractivity contribution in [2.75, 3.05) is 5.75 Å². The fraction of sp³-hybridized carbons (Fsp3) is 0.533. The molecule has 0 radical (unpaired) electrons. The lowest BCUT2D eigenvalue weighted by Crippen LogP contribution is -2.23. The molecular formula is C15H22O3S. The van der Waals surface area contributed by atoms with Crippen LogP contribution in [0.2, 0.25) is 0 Å². The van der Waals surface area contributed by atoms with Crippen LogP contribution in [0.4, 0.5) is 0 Å². The Morgan fingerprint density at radius 3 is 1.95 bits per heavy atom. The predicted octanol–water partition coefficient (Wildman–Crippen LogP) is 3.03. The monoisotopic (exact) mass is 282 g/mol. The molecule has 0 amide bonds. The van der Waals surface area contributed by atoms with Crippen LogP contribution in [0.5, 0.6) is 0 Å². The van der Waals surface area contributed by atoms with Crippen molar-refractivity contribution in [3.63, 3.8) is 0 Å². The van der Waals surface area contributed by atoms with E-state index < -0.39 is 9.84 Å². The second-order valence-corrected chi connectivity index (χ2v) is 7.19. The second-order valence-electron chi connectivity index (χ2n) is 4.91. The molecule has 0 unspecified atom stereocenters. The molecule has 106 valence electrons. The van der Waals surface area contributed by atoms with Gasteiger partial charge >= 0.3 is 0 Å². The van der Waals surface area contributed by atoms with Crippen LogP contribution < -0.4 is 0 Å². The molecule has 0 heterocycles. The smallest absolute Gasteiger partial charge is 0.178 e. The van der Waals surface area contributed by atoms with Gasteiger partial charge in [-0.05, 0) is 37.0 Å². The standard InChI is InChI=1S/C15H22O3S/c1-4-15(5-2,12-16)11-13-7-9-14(10-8-13)19(17,18)6-3/h7-10,12H,4-6,11H2,1-3H3. The summed E-state index contributed by atoms with van der Waals surface area (Å²) in [6.45, 7) is 5.65. The van der Waals surface area contributed by atoms with Crippen LogP contribution in [0.25, 0.3) is 0 Å². The van der Waals surface area contributed by atoms with E-state index in [9.17, 15) is 13.2 Å². The summed E-state index contributed by atoms with van der Waals surface area (Å²) in [5.41, 5.74) is 0.677. The Balaban J connectivity index is 2.97. The van der Waals surface area contributed by atoms with Crippen LogP contribution in [0.1, 0.15) is 39.2 Å². The SMILES string of the molecule is CCC(C=O)(CC)Cc1ccc(S(=O)(=O)CC)cc1. The van der Waals surface area contributed by atoms with E-state index in [2.05, 4.69) is 0 Å². The van der Waals surface area contributed by atoms with E-state index >= 15 is 0 Å². The first kappa shape index (κ1) is 15.9. The van der Waals surface area contributed by atoms with Crippen LogP contribution in [-0.2, 0) is 21.1 Å². The van der Waals surface area contributed by atoms with Crippen molar-refractivity contribution in [1.29, 1.82) is 0 Å². The number of benzene rings is 1. The van der Waals surface area contributed by atoms with Crippen molar-refractivity contribution in [3.8, 4) is 0 Å². The first-order chi connectivity index (χ1) is 8.93. The van der Waals surface area contributed by atoms with Crippen LogP contribution in [0.3, 0.4) is 0 Å². The molecule has 0 aromatic heterocycles. The lowest BCUT2D eigenvalue weighted by atomic mass is 9.78. The van der Waals surface area contributed by atoms with Crippen LogP contribution in [-0.4, -0.2) is 20.5 Å². The van der Waals surface area contributed by atoms with Gasteiger partial charge in [-0.3, -0.25) is 0 Å². The zero-order valence-corrected chi connectivity index (χ0v) is 12.7. The number of rotatable bonds is 7. The molecule has 1 aromatic carbocycles. The van der Waals surface area contributed by atoms with Crippen molar-refractivity contribution in [2.24, 2.45) is 5.41 Å². The summed E-state index contributed by atoms with van der Waals surface area (Å²) >= 11 is 0. The highest BCUT2D eigenvalue weighted by molar-refractivity contribution is 7.91. The summed E-state index contributed by atoms with van der Waals surface area (Å²) < 4.78 is 23.4. The van der Waals surface area contributed by atoms with Crippen molar-refractivity contribution >= 4 is 16.1 Å². The zero-order valence-electron chi connectivity index (χ0n) is 11.8. The Kier molecular flexibility index (Phi) is 5.29. The molecular weight excluding hydrogens is 260 g/mol. The largest absolute Gasteiger partial charge is 0.303 e. The zero-order chi connectivity index (χ0) is 14.5. The quantitative estimate of drug-likeness (QED) is 0.722. The van der Waals surface area contributed by atoms with Gasteiger partial charge in [-0.15, -0.1) is 0 Å². The van der Waals surface area contributed by atoms with Gasteiger partial charge in [0.05, 0.1) is 10.6 Å². The van der Waals surface area contributed by atoms with Gasteiger partial charge in [0.2, 0.25) is 0 Å². The number of carbonyl (C=O) groups excluding carboxylic acids is 1. The highest BCUT2D eigenvalue weighted by Crippen LogP contribution is 2.29. The van der Waals surface area contributed by atoms with Crippen molar-refractivity contribution in [3.05, 3.63) is 29.8 Å². The Hall–Kier alpha value is -1.16. The van der Waals surface area contributed by atoms with Crippen molar-refractivity contribution < 1.29 is 13.2 Å². The summed E-state index contributed by atoms with van der Waals surface area (Å²) in [5.74, 6) is 0.106. The highest BCUT2D eigenvalue weighted by atomic mass is 32.2. The van der Waals surface area contributed by atoms with Gasteiger partial charge in [0.1, 0.15) is 6.29 Å². The molecule has 1 rings (SSSR count). The molecule has 0 spiro atoms. The fourth-order valence-electron chi connectivity index (χ4n) is 2.10. The molecule has 1 aromatic rings. The molecule has 0 bridgehead atoms. The van der Waals surface area contributed by atoms with Crippen LogP contribution in [0, 0.1) is 5.41 Å². The van der Waals surface area contributed by atoms with E-state index in [1.165, 1.54) is 0 Å². The topological polar surface area (TPSA) is 51.2 Å². The molecule has 0 saturated heterocycles. The minimum Gasteiger partial charge on any atom is -0.303 e. The summed E-state index contributed by atoms with van der Waals surface area (Å²) in [4.78, 5) is 11.6. The van der Waals surface area contributed by atoms with E-state index in [4.69, 9.17) is 0 Å². The molecule has 0 saturated carbocycles. The third kappa shape index (κ3) is 3.66. The summed E-state index contributed by atoms with van der Waals surface area (Å²) in [6.07, 6.45) is 3.28. The normalized spacial score (nSPS) is 12.4. The average molecular weight is 282 g/mol. The molecule has 4 heteroatoms. The molecule has 0 atom stereocenters. The van der Waals surface area contributed by atoms with Crippen molar-refractivity contribution in [2.45, 2.75) is 44.9 Å². The van der Waals surface area contributed by atoms with E-state index in [0.29, 0.717) is 11.3 Å². The third-order valence-corrected chi connectivity index (χ3v) is 5.63. The Labute approximate surface area is 116 Å². The third-order valence-electron chi connectivity index (χ3n) is 3.88. The first-order valence-corrected chi connectivity index (χ1v) is 8.36. The average Bonchev–Trinajstić information content (AvgIpc) is 2.45. The molecule has 19 heavy (non-hydrogen) atoms. The van der Waals surface area contributed by atoms with Gasteiger partial charge in [0, 0.05) is 5.41 Å². The van der Waals surface area contributed by atoms with E-state index in [-0.39, 0.29) is 11.2 Å². The summed E-state index contributed by atoms with van der Waals surface area (Å²) in [5, 5.41) is 0. The van der Waals surface area contributed by atoms with Gasteiger partial charge < -0.3 is 4.79 Å². The van der Waals surface area contributed by atoms with E-state index in [0.717, 1.165) is 24.7 Å². The van der Waals surface area contributed by atoms with Crippen LogP contribution >= 0.6 is 0 Å². The molecule has 0 aliphatic rings. The molecule has 0 aliphatic carbocycles. The van der Waals surface area contributed by atoms with Gasteiger partial charge in [-0.1, -0.05) is 32.9 Å². The number of carbonyl (C=O) groups is 1. The van der Waals surface area contributed by atoms with Gasteiger partial charge in [-0.25, -0.2) is 8.42 Å².